The van der Waals surface area contributed by atoms with Gasteiger partial charge in [0.1, 0.15) is 11.6 Å². The molecule has 0 aliphatic heterocycles. The molecule has 0 amide bonds. The zero-order valence-electron chi connectivity index (χ0n) is 7.21. The zero-order chi connectivity index (χ0) is 11.6. The molecular weight excluding hydrogens is 252 g/mol. The first kappa shape index (κ1) is 12.3. The maximum atomic E-state index is 13.0. The quantitative estimate of drug-likeness (QED) is 0.831. The van der Waals surface area contributed by atoms with Crippen molar-refractivity contribution in [3.63, 3.8) is 0 Å². The van der Waals surface area contributed by atoms with E-state index in [1.165, 1.54) is 0 Å². The summed E-state index contributed by atoms with van der Waals surface area (Å²) < 4.78 is 50.7. The molecule has 0 saturated carbocycles. The Balaban J connectivity index is 2.91. The fraction of sp³-hybridized carbons (Fsp3) is 0.143. The molecule has 0 aliphatic carbocycles. The average Bonchev–Trinajstić information content (AvgIpc) is 2.07. The van der Waals surface area contributed by atoms with Crippen molar-refractivity contribution in [2.24, 2.45) is 5.14 Å². The normalized spacial score (nSPS) is 11.7. The van der Waals surface area contributed by atoms with Crippen LogP contribution < -0.4 is 5.14 Å². The van der Waals surface area contributed by atoms with E-state index in [4.69, 9.17) is 11.6 Å². The van der Waals surface area contributed by atoms with E-state index in [0.29, 0.717) is 0 Å². The lowest BCUT2D eigenvalue weighted by atomic mass is 10.2. The van der Waals surface area contributed by atoms with E-state index < -0.39 is 33.6 Å². The summed E-state index contributed by atoms with van der Waals surface area (Å²) in [6.45, 7) is -0.682. The smallest absolute Gasteiger partial charge is 0.253 e. The standard InChI is InChI=1S/C7H6ClF2NO3S/c8-5-2-6(9)4(1-7(5)10)3-14-15(11,12)13/h1-2H,3H2,(H2,11,12,13). The lowest BCUT2D eigenvalue weighted by Gasteiger charge is -2.04. The summed E-state index contributed by atoms with van der Waals surface area (Å²) in [5, 5.41) is 4.11. The molecule has 0 bridgehead atoms. The Hall–Kier alpha value is -0.760. The van der Waals surface area contributed by atoms with Gasteiger partial charge < -0.3 is 0 Å². The van der Waals surface area contributed by atoms with Crippen molar-refractivity contribution in [3.8, 4) is 0 Å². The summed E-state index contributed by atoms with van der Waals surface area (Å²) >= 11 is 5.28. The zero-order valence-corrected chi connectivity index (χ0v) is 8.78. The molecule has 0 radical (unpaired) electrons. The molecule has 2 N–H and O–H groups in total. The van der Waals surface area contributed by atoms with Gasteiger partial charge in [0.05, 0.1) is 11.6 Å². The van der Waals surface area contributed by atoms with Crippen molar-refractivity contribution in [1.29, 1.82) is 0 Å². The van der Waals surface area contributed by atoms with Gasteiger partial charge in [-0.3, -0.25) is 4.18 Å². The monoisotopic (exact) mass is 257 g/mol. The Bertz CT molecular complexity index is 477. The van der Waals surface area contributed by atoms with Crippen molar-refractivity contribution in [1.82, 2.24) is 0 Å². The Labute approximate surface area is 89.9 Å². The maximum Gasteiger partial charge on any atom is 0.333 e. The second-order valence-corrected chi connectivity index (χ2v) is 4.24. The number of halogens is 3. The van der Waals surface area contributed by atoms with E-state index in [0.717, 1.165) is 12.1 Å². The molecule has 84 valence electrons. The molecule has 0 aliphatic rings. The van der Waals surface area contributed by atoms with Gasteiger partial charge in [-0.05, 0) is 12.1 Å². The highest BCUT2D eigenvalue weighted by Gasteiger charge is 2.11. The van der Waals surface area contributed by atoms with Crippen molar-refractivity contribution < 1.29 is 21.4 Å². The molecule has 0 saturated heterocycles. The van der Waals surface area contributed by atoms with Gasteiger partial charge in [0.25, 0.3) is 0 Å². The summed E-state index contributed by atoms with van der Waals surface area (Å²) in [4.78, 5) is 0. The minimum absolute atomic E-state index is 0.286. The third-order valence-corrected chi connectivity index (χ3v) is 2.20. The average molecular weight is 258 g/mol. The summed E-state index contributed by atoms with van der Waals surface area (Å²) in [6.07, 6.45) is 0. The molecule has 4 nitrogen and oxygen atoms in total. The third kappa shape index (κ3) is 3.71. The van der Waals surface area contributed by atoms with Crippen LogP contribution in [0.3, 0.4) is 0 Å². The molecule has 1 rings (SSSR count). The van der Waals surface area contributed by atoms with Crippen LogP contribution in [-0.2, 0) is 21.1 Å². The van der Waals surface area contributed by atoms with Crippen molar-refractivity contribution in [2.45, 2.75) is 6.61 Å². The first-order valence-corrected chi connectivity index (χ1v) is 5.45. The van der Waals surface area contributed by atoms with Gasteiger partial charge in [0, 0.05) is 5.56 Å². The van der Waals surface area contributed by atoms with Gasteiger partial charge in [-0.2, -0.15) is 8.42 Å². The fourth-order valence-electron chi connectivity index (χ4n) is 0.820. The van der Waals surface area contributed by atoms with Crippen LogP contribution in [0.5, 0.6) is 0 Å². The number of rotatable bonds is 3. The van der Waals surface area contributed by atoms with E-state index >= 15 is 0 Å². The topological polar surface area (TPSA) is 69.4 Å². The van der Waals surface area contributed by atoms with E-state index in [2.05, 4.69) is 9.32 Å². The van der Waals surface area contributed by atoms with Crippen LogP contribution in [0.15, 0.2) is 12.1 Å². The minimum atomic E-state index is -4.18. The van der Waals surface area contributed by atoms with E-state index in [9.17, 15) is 17.2 Å². The maximum absolute atomic E-state index is 13.0. The van der Waals surface area contributed by atoms with E-state index in [1.807, 2.05) is 0 Å². The number of hydrogen-bond donors (Lipinski definition) is 1. The minimum Gasteiger partial charge on any atom is -0.253 e. The first-order valence-electron chi connectivity index (χ1n) is 3.60. The first-order chi connectivity index (χ1) is 6.79. The summed E-state index contributed by atoms with van der Waals surface area (Å²) in [5.74, 6) is -1.74. The van der Waals surface area contributed by atoms with Crippen LogP contribution >= 0.6 is 11.6 Å². The van der Waals surface area contributed by atoms with Crippen LogP contribution in [0.4, 0.5) is 8.78 Å². The molecule has 0 atom stereocenters. The van der Waals surface area contributed by atoms with Crippen LogP contribution in [-0.4, -0.2) is 8.42 Å². The van der Waals surface area contributed by atoms with Crippen LogP contribution in [0.2, 0.25) is 5.02 Å². The molecule has 0 spiro atoms. The Kier molecular flexibility index (Phi) is 3.61. The molecule has 0 heterocycles. The fourth-order valence-corrected chi connectivity index (χ4v) is 1.26. The summed E-state index contributed by atoms with van der Waals surface area (Å²) in [7, 11) is -4.18. The number of nitrogens with two attached hydrogens (primary N) is 1. The van der Waals surface area contributed by atoms with Gasteiger partial charge in [-0.15, -0.1) is 0 Å². The van der Waals surface area contributed by atoms with Gasteiger partial charge in [0.2, 0.25) is 0 Å². The van der Waals surface area contributed by atoms with Crippen LogP contribution in [0.1, 0.15) is 5.56 Å². The molecule has 0 aromatic heterocycles. The molecular formula is C7H6ClF2NO3S. The third-order valence-electron chi connectivity index (χ3n) is 1.47. The van der Waals surface area contributed by atoms with Crippen molar-refractivity contribution in [3.05, 3.63) is 34.4 Å². The molecule has 8 heteroatoms. The van der Waals surface area contributed by atoms with Crippen molar-refractivity contribution >= 4 is 21.9 Å². The Morgan fingerprint density at radius 1 is 1.33 bits per heavy atom. The van der Waals surface area contributed by atoms with Crippen molar-refractivity contribution in [2.75, 3.05) is 0 Å². The molecule has 0 unspecified atom stereocenters. The second kappa shape index (κ2) is 4.40. The largest absolute Gasteiger partial charge is 0.333 e. The Morgan fingerprint density at radius 3 is 2.47 bits per heavy atom. The number of benzene rings is 1. The predicted molar refractivity (Wildman–Crippen MR) is 49.3 cm³/mol. The van der Waals surface area contributed by atoms with Gasteiger partial charge in [0.15, 0.2) is 0 Å². The Morgan fingerprint density at radius 2 is 1.93 bits per heavy atom. The summed E-state index contributed by atoms with van der Waals surface area (Å²) in [5.41, 5.74) is -0.286. The highest BCUT2D eigenvalue weighted by Crippen LogP contribution is 2.19. The van der Waals surface area contributed by atoms with Crippen LogP contribution in [0.25, 0.3) is 0 Å². The highest BCUT2D eigenvalue weighted by atomic mass is 35.5. The molecule has 0 fully saturated rings. The summed E-state index contributed by atoms with van der Waals surface area (Å²) in [6, 6.07) is 1.46. The highest BCUT2D eigenvalue weighted by molar-refractivity contribution is 7.84. The van der Waals surface area contributed by atoms with E-state index in [1.54, 1.807) is 0 Å². The van der Waals surface area contributed by atoms with Gasteiger partial charge in [-0.1, -0.05) is 11.6 Å². The van der Waals surface area contributed by atoms with Gasteiger partial charge >= 0.3 is 10.3 Å². The molecule has 1 aromatic carbocycles. The molecule has 15 heavy (non-hydrogen) atoms. The SMILES string of the molecule is NS(=O)(=O)OCc1cc(F)c(Cl)cc1F. The number of hydrogen-bond acceptors (Lipinski definition) is 3. The lowest BCUT2D eigenvalue weighted by molar-refractivity contribution is 0.302. The van der Waals surface area contributed by atoms with Crippen LogP contribution in [0, 0.1) is 11.6 Å². The van der Waals surface area contributed by atoms with Gasteiger partial charge in [-0.25, -0.2) is 13.9 Å². The molecule has 1 aromatic rings. The second-order valence-electron chi connectivity index (χ2n) is 2.61. The lowest BCUT2D eigenvalue weighted by Crippen LogP contribution is -2.16. The predicted octanol–water partition coefficient (Wildman–Crippen LogP) is 1.34. The van der Waals surface area contributed by atoms with E-state index in [-0.39, 0.29) is 5.56 Å².